The molecule has 1 aliphatic carbocycles. The summed E-state index contributed by atoms with van der Waals surface area (Å²) in [6.07, 6.45) is 4.73. The van der Waals surface area contributed by atoms with Gasteiger partial charge in [0.25, 0.3) is 9.05 Å². The van der Waals surface area contributed by atoms with Gasteiger partial charge < -0.3 is 14.0 Å². The molecule has 6 nitrogen and oxygen atoms in total. The van der Waals surface area contributed by atoms with Gasteiger partial charge in [0.05, 0.1) is 13.2 Å². The second kappa shape index (κ2) is 5.62. The molecule has 0 N–H and O–H groups in total. The van der Waals surface area contributed by atoms with Crippen LogP contribution in [0.2, 0.25) is 0 Å². The number of halogens is 1. The van der Waals surface area contributed by atoms with Crippen LogP contribution in [-0.2, 0) is 18.5 Å². The monoisotopic (exact) mass is 333 g/mol. The van der Waals surface area contributed by atoms with E-state index >= 15 is 0 Å². The zero-order valence-electron chi connectivity index (χ0n) is 11.3. The Hall–Kier alpha value is -1.05. The van der Waals surface area contributed by atoms with Crippen LogP contribution in [-0.4, -0.2) is 38.3 Å². The van der Waals surface area contributed by atoms with Gasteiger partial charge in [-0.25, -0.2) is 13.2 Å². The van der Waals surface area contributed by atoms with Gasteiger partial charge in [0, 0.05) is 29.3 Å². The predicted molar refractivity (Wildman–Crippen MR) is 75.0 cm³/mol. The quantitative estimate of drug-likeness (QED) is 0.623. The first-order chi connectivity index (χ1) is 9.95. The average Bonchev–Trinajstić information content (AvgIpc) is 2.94. The smallest absolute Gasteiger partial charge is 0.355 e. The van der Waals surface area contributed by atoms with Gasteiger partial charge in [-0.3, -0.25) is 0 Å². The lowest BCUT2D eigenvalue weighted by Gasteiger charge is -2.28. The van der Waals surface area contributed by atoms with Crippen LogP contribution < -0.4 is 0 Å². The van der Waals surface area contributed by atoms with E-state index in [1.807, 2.05) is 0 Å². The van der Waals surface area contributed by atoms with Crippen molar-refractivity contribution in [2.75, 3.05) is 13.2 Å². The fourth-order valence-corrected chi connectivity index (χ4v) is 3.28. The average molecular weight is 334 g/mol. The minimum absolute atomic E-state index is 0.0642. The summed E-state index contributed by atoms with van der Waals surface area (Å²) in [4.78, 5) is 12.2. The molecular weight excluding hydrogens is 318 g/mol. The Morgan fingerprint density at radius 3 is 2.67 bits per heavy atom. The highest BCUT2D eigenvalue weighted by molar-refractivity contribution is 8.13. The largest absolute Gasteiger partial charge is 0.455 e. The zero-order valence-corrected chi connectivity index (χ0v) is 12.9. The number of nitrogens with zero attached hydrogens (tertiary/aromatic N) is 1. The lowest BCUT2D eigenvalue weighted by Crippen LogP contribution is -2.24. The summed E-state index contributed by atoms with van der Waals surface area (Å²) in [5, 5.41) is 0. The highest BCUT2D eigenvalue weighted by Gasteiger charge is 2.29. The number of hydrogen-bond acceptors (Lipinski definition) is 5. The van der Waals surface area contributed by atoms with Gasteiger partial charge in [-0.15, -0.1) is 0 Å². The SMILES string of the molecule is O=C(OC1CCOC1)c1cc(S(=O)(=O)Cl)cn1C1CCC1. The van der Waals surface area contributed by atoms with Gasteiger partial charge >= 0.3 is 5.97 Å². The van der Waals surface area contributed by atoms with E-state index in [1.54, 1.807) is 4.57 Å². The molecule has 0 spiro atoms. The zero-order chi connectivity index (χ0) is 15.0. The molecule has 1 saturated heterocycles. The van der Waals surface area contributed by atoms with Crippen LogP contribution in [0.1, 0.15) is 42.2 Å². The van der Waals surface area contributed by atoms with Crippen molar-refractivity contribution in [2.24, 2.45) is 0 Å². The molecule has 0 bridgehead atoms. The second-order valence-corrected chi connectivity index (χ2v) is 7.95. The lowest BCUT2D eigenvalue weighted by molar-refractivity contribution is 0.0253. The Kier molecular flexibility index (Phi) is 3.98. The van der Waals surface area contributed by atoms with Crippen molar-refractivity contribution in [3.8, 4) is 0 Å². The van der Waals surface area contributed by atoms with Crippen LogP contribution in [0.15, 0.2) is 17.2 Å². The molecule has 2 fully saturated rings. The minimum atomic E-state index is -3.86. The Balaban J connectivity index is 1.87. The molecule has 8 heteroatoms. The summed E-state index contributed by atoms with van der Waals surface area (Å²) >= 11 is 0. The summed E-state index contributed by atoms with van der Waals surface area (Å²) < 4.78 is 35.1. The number of ether oxygens (including phenoxy) is 2. The molecule has 1 atom stereocenters. The molecule has 1 aliphatic heterocycles. The van der Waals surface area contributed by atoms with Crippen LogP contribution in [0.3, 0.4) is 0 Å². The van der Waals surface area contributed by atoms with Crippen molar-refractivity contribution in [1.82, 2.24) is 4.57 Å². The van der Waals surface area contributed by atoms with E-state index in [1.165, 1.54) is 12.3 Å². The Labute approximate surface area is 127 Å². The van der Waals surface area contributed by atoms with Crippen molar-refractivity contribution in [3.63, 3.8) is 0 Å². The van der Waals surface area contributed by atoms with Gasteiger partial charge in [-0.1, -0.05) is 0 Å². The van der Waals surface area contributed by atoms with E-state index in [0.717, 1.165) is 19.3 Å². The maximum Gasteiger partial charge on any atom is 0.355 e. The van der Waals surface area contributed by atoms with E-state index in [0.29, 0.717) is 19.6 Å². The molecule has 21 heavy (non-hydrogen) atoms. The number of esters is 1. The van der Waals surface area contributed by atoms with Gasteiger partial charge in [0.15, 0.2) is 0 Å². The number of rotatable bonds is 4. The lowest BCUT2D eigenvalue weighted by atomic mass is 9.93. The van der Waals surface area contributed by atoms with Crippen molar-refractivity contribution in [1.29, 1.82) is 0 Å². The summed E-state index contributed by atoms with van der Waals surface area (Å²) in [5.41, 5.74) is 0.242. The number of carbonyl (C=O) groups excluding carboxylic acids is 1. The number of hydrogen-bond donors (Lipinski definition) is 0. The van der Waals surface area contributed by atoms with Crippen LogP contribution in [0.25, 0.3) is 0 Å². The highest BCUT2D eigenvalue weighted by atomic mass is 35.7. The fraction of sp³-hybridized carbons (Fsp3) is 0.615. The molecule has 1 aromatic heterocycles. The van der Waals surface area contributed by atoms with Gasteiger partial charge in [-0.05, 0) is 25.3 Å². The summed E-state index contributed by atoms with van der Waals surface area (Å²) in [6, 6.07) is 1.43. The molecule has 1 saturated carbocycles. The van der Waals surface area contributed by atoms with Crippen LogP contribution in [0, 0.1) is 0 Å². The van der Waals surface area contributed by atoms with E-state index in [4.69, 9.17) is 20.2 Å². The van der Waals surface area contributed by atoms with E-state index in [2.05, 4.69) is 0 Å². The first-order valence-electron chi connectivity index (χ1n) is 6.90. The molecule has 0 radical (unpaired) electrons. The minimum Gasteiger partial charge on any atom is -0.455 e. The van der Waals surface area contributed by atoms with Crippen molar-refractivity contribution in [2.45, 2.75) is 42.7 Å². The molecule has 2 heterocycles. The number of carbonyl (C=O) groups is 1. The summed E-state index contributed by atoms with van der Waals surface area (Å²) in [5.74, 6) is -0.524. The topological polar surface area (TPSA) is 74.6 Å². The predicted octanol–water partition coefficient (Wildman–Crippen LogP) is 2.09. The van der Waals surface area contributed by atoms with E-state index in [-0.39, 0.29) is 22.7 Å². The standard InChI is InChI=1S/C13H16ClNO5S/c14-21(17,18)11-6-12(15(7-11)9-2-1-3-9)13(16)20-10-4-5-19-8-10/h6-7,9-10H,1-5,8H2. The molecule has 1 aromatic rings. The van der Waals surface area contributed by atoms with Crippen molar-refractivity contribution >= 4 is 25.7 Å². The fourth-order valence-electron chi connectivity index (χ4n) is 2.54. The highest BCUT2D eigenvalue weighted by Crippen LogP contribution is 2.35. The first-order valence-corrected chi connectivity index (χ1v) is 9.21. The second-order valence-electron chi connectivity index (χ2n) is 5.38. The molecule has 1 unspecified atom stereocenters. The molecule has 116 valence electrons. The first kappa shape index (κ1) is 14.9. The Morgan fingerprint density at radius 2 is 2.14 bits per heavy atom. The third kappa shape index (κ3) is 3.09. The normalized spacial score (nSPS) is 23.0. The van der Waals surface area contributed by atoms with Crippen molar-refractivity contribution < 1.29 is 22.7 Å². The molecule has 0 aromatic carbocycles. The van der Waals surface area contributed by atoms with Crippen LogP contribution in [0.4, 0.5) is 0 Å². The van der Waals surface area contributed by atoms with Crippen LogP contribution in [0.5, 0.6) is 0 Å². The van der Waals surface area contributed by atoms with E-state index in [9.17, 15) is 13.2 Å². The summed E-state index contributed by atoms with van der Waals surface area (Å²) in [6.45, 7) is 0.958. The molecular formula is C13H16ClNO5S. The van der Waals surface area contributed by atoms with Gasteiger partial charge in [0.2, 0.25) is 0 Å². The van der Waals surface area contributed by atoms with Crippen molar-refractivity contribution in [3.05, 3.63) is 18.0 Å². The molecule has 2 aliphatic rings. The third-order valence-corrected chi connectivity index (χ3v) is 5.26. The maximum absolute atomic E-state index is 12.3. The van der Waals surface area contributed by atoms with Gasteiger partial charge in [0.1, 0.15) is 16.7 Å². The van der Waals surface area contributed by atoms with Crippen LogP contribution >= 0.6 is 10.7 Å². The van der Waals surface area contributed by atoms with E-state index < -0.39 is 15.0 Å². The number of aromatic nitrogens is 1. The Morgan fingerprint density at radius 1 is 1.38 bits per heavy atom. The summed E-state index contributed by atoms with van der Waals surface area (Å²) in [7, 11) is 1.51. The van der Waals surface area contributed by atoms with Gasteiger partial charge in [-0.2, -0.15) is 0 Å². The molecule has 3 rings (SSSR count). The third-order valence-electron chi connectivity index (χ3n) is 3.94. The Bertz CT molecular complexity index is 644. The maximum atomic E-state index is 12.3. The molecule has 0 amide bonds.